The van der Waals surface area contributed by atoms with E-state index < -0.39 is 11.7 Å². The summed E-state index contributed by atoms with van der Waals surface area (Å²) in [5.41, 5.74) is 1.55. The summed E-state index contributed by atoms with van der Waals surface area (Å²) in [4.78, 5) is 22.7. The molecule has 2 heterocycles. The molecule has 2 aromatic heterocycles. The molecule has 0 aliphatic rings. The Bertz CT molecular complexity index is 1240. The van der Waals surface area contributed by atoms with Gasteiger partial charge in [-0.25, -0.2) is 9.97 Å². The minimum absolute atomic E-state index is 0.149. The number of carbonyl (C=O) groups is 1. The van der Waals surface area contributed by atoms with Gasteiger partial charge in [0.25, 0.3) is 5.91 Å². The Morgan fingerprint density at radius 3 is 2.47 bits per heavy atom. The van der Waals surface area contributed by atoms with Gasteiger partial charge in [0.1, 0.15) is 5.69 Å². The number of hydrogen-bond donors (Lipinski definition) is 0. The monoisotopic (exact) mass is 430 g/mol. The molecule has 1 amide bonds. The Hall–Kier alpha value is -3.39. The Morgan fingerprint density at radius 1 is 1.07 bits per heavy atom. The van der Waals surface area contributed by atoms with E-state index in [-0.39, 0.29) is 11.6 Å². The number of hydrogen-bond acceptors (Lipinski definition) is 3. The lowest BCUT2D eigenvalue weighted by Crippen LogP contribution is -2.27. The molecule has 0 atom stereocenters. The molecule has 0 bridgehead atoms. The Balaban J connectivity index is 1.70. The number of nitrogens with zero attached hydrogens (tertiary/aromatic N) is 4. The third-order valence-corrected chi connectivity index (χ3v) is 4.86. The van der Waals surface area contributed by atoms with E-state index in [1.165, 1.54) is 35.6 Å². The van der Waals surface area contributed by atoms with Crippen molar-refractivity contribution in [1.82, 2.24) is 14.4 Å². The average molecular weight is 431 g/mol. The lowest BCUT2D eigenvalue weighted by Gasteiger charge is -2.17. The highest BCUT2D eigenvalue weighted by molar-refractivity contribution is 6.31. The van der Waals surface area contributed by atoms with Crippen molar-refractivity contribution in [3.05, 3.63) is 83.4 Å². The molecule has 0 unspecified atom stereocenters. The van der Waals surface area contributed by atoms with Crippen LogP contribution >= 0.6 is 11.6 Å². The number of fused-ring (bicyclic) bond motifs is 1. The zero-order valence-corrected chi connectivity index (χ0v) is 16.3. The molecule has 4 rings (SSSR count). The molecule has 0 saturated heterocycles. The molecule has 0 aliphatic heterocycles. The van der Waals surface area contributed by atoms with Crippen molar-refractivity contribution < 1.29 is 18.0 Å². The van der Waals surface area contributed by atoms with E-state index in [0.717, 1.165) is 12.1 Å². The first kappa shape index (κ1) is 19.9. The highest BCUT2D eigenvalue weighted by atomic mass is 35.5. The van der Waals surface area contributed by atoms with Gasteiger partial charge in [0.05, 0.1) is 23.7 Å². The van der Waals surface area contributed by atoms with Crippen LogP contribution in [0.2, 0.25) is 5.02 Å². The maximum absolute atomic E-state index is 12.9. The highest BCUT2D eigenvalue weighted by Gasteiger charge is 2.30. The lowest BCUT2D eigenvalue weighted by atomic mass is 10.1. The Morgan fingerprint density at radius 2 is 1.80 bits per heavy atom. The Labute approximate surface area is 174 Å². The van der Waals surface area contributed by atoms with Crippen LogP contribution in [0.5, 0.6) is 0 Å². The largest absolute Gasteiger partial charge is 0.416 e. The van der Waals surface area contributed by atoms with Crippen LogP contribution in [0.25, 0.3) is 16.9 Å². The number of halogens is 4. The van der Waals surface area contributed by atoms with Crippen molar-refractivity contribution in [2.45, 2.75) is 6.18 Å². The Kier molecular flexibility index (Phi) is 4.95. The summed E-state index contributed by atoms with van der Waals surface area (Å²) in [7, 11) is 1.60. The average Bonchev–Trinajstić information content (AvgIpc) is 3.15. The van der Waals surface area contributed by atoms with Gasteiger partial charge >= 0.3 is 6.18 Å². The quantitative estimate of drug-likeness (QED) is 0.440. The molecule has 5 nitrogen and oxygen atoms in total. The number of anilines is 1. The maximum atomic E-state index is 12.9. The summed E-state index contributed by atoms with van der Waals surface area (Å²) < 4.78 is 40.1. The SMILES string of the molecule is CN(C(=O)c1cn2c(-c3ccc(C(F)(F)F)cc3)cnc2cn1)c1cccc(Cl)c1. The molecule has 0 radical (unpaired) electrons. The van der Waals surface area contributed by atoms with Crippen molar-refractivity contribution in [1.29, 1.82) is 0 Å². The molecule has 0 N–H and O–H groups in total. The van der Waals surface area contributed by atoms with E-state index in [9.17, 15) is 18.0 Å². The normalized spacial score (nSPS) is 11.6. The van der Waals surface area contributed by atoms with Crippen LogP contribution in [0.1, 0.15) is 16.1 Å². The molecule has 4 aromatic rings. The fourth-order valence-electron chi connectivity index (χ4n) is 3.02. The number of imidazole rings is 1. The molecule has 9 heteroatoms. The van der Waals surface area contributed by atoms with E-state index in [4.69, 9.17) is 11.6 Å². The zero-order chi connectivity index (χ0) is 21.5. The minimum Gasteiger partial charge on any atom is -0.310 e. The van der Waals surface area contributed by atoms with Crippen molar-refractivity contribution in [2.24, 2.45) is 0 Å². The predicted octanol–water partition coefficient (Wildman–Crippen LogP) is 5.35. The van der Waals surface area contributed by atoms with Crippen molar-refractivity contribution in [3.8, 4) is 11.3 Å². The molecule has 2 aromatic carbocycles. The van der Waals surface area contributed by atoms with Crippen LogP contribution in [0, 0.1) is 0 Å². The van der Waals surface area contributed by atoms with Crippen LogP contribution in [0.4, 0.5) is 18.9 Å². The van der Waals surface area contributed by atoms with Crippen LogP contribution in [-0.4, -0.2) is 27.3 Å². The third kappa shape index (κ3) is 3.73. The van der Waals surface area contributed by atoms with Crippen molar-refractivity contribution in [3.63, 3.8) is 0 Å². The fraction of sp³-hybridized carbons (Fsp3) is 0.0952. The van der Waals surface area contributed by atoms with Gasteiger partial charge in [-0.2, -0.15) is 13.2 Å². The summed E-state index contributed by atoms with van der Waals surface area (Å²) in [5.74, 6) is -0.369. The second kappa shape index (κ2) is 7.46. The summed E-state index contributed by atoms with van der Waals surface area (Å²) in [6, 6.07) is 11.6. The van der Waals surface area contributed by atoms with Crippen molar-refractivity contribution in [2.75, 3.05) is 11.9 Å². The number of alkyl halides is 3. The minimum atomic E-state index is -4.41. The van der Waals surface area contributed by atoms with E-state index in [2.05, 4.69) is 9.97 Å². The van der Waals surface area contributed by atoms with Gasteiger partial charge in [0.15, 0.2) is 5.65 Å². The summed E-state index contributed by atoms with van der Waals surface area (Å²) in [6.45, 7) is 0. The topological polar surface area (TPSA) is 50.5 Å². The van der Waals surface area contributed by atoms with Gasteiger partial charge < -0.3 is 4.90 Å². The standard InChI is InChI=1S/C21H14ClF3N4O/c1-28(16-4-2-3-15(22)9-16)20(30)17-12-29-18(10-27-19(29)11-26-17)13-5-7-14(8-6-13)21(23,24)25/h2-12H,1H3. The van der Waals surface area contributed by atoms with E-state index in [1.807, 2.05) is 0 Å². The molecule has 30 heavy (non-hydrogen) atoms. The predicted molar refractivity (Wildman–Crippen MR) is 108 cm³/mol. The van der Waals surface area contributed by atoms with E-state index in [0.29, 0.717) is 27.6 Å². The van der Waals surface area contributed by atoms with Gasteiger partial charge in [0, 0.05) is 29.5 Å². The molecule has 0 saturated carbocycles. The van der Waals surface area contributed by atoms with Gasteiger partial charge in [-0.05, 0) is 30.3 Å². The number of benzene rings is 2. The first-order valence-electron chi connectivity index (χ1n) is 8.78. The smallest absolute Gasteiger partial charge is 0.310 e. The zero-order valence-electron chi connectivity index (χ0n) is 15.6. The number of rotatable bonds is 3. The van der Waals surface area contributed by atoms with Gasteiger partial charge in [-0.15, -0.1) is 0 Å². The van der Waals surface area contributed by atoms with Crippen LogP contribution in [-0.2, 0) is 6.18 Å². The van der Waals surface area contributed by atoms with E-state index in [1.54, 1.807) is 35.7 Å². The number of carbonyl (C=O) groups excluding carboxylic acids is 1. The van der Waals surface area contributed by atoms with Crippen LogP contribution in [0.3, 0.4) is 0 Å². The summed E-state index contributed by atoms with van der Waals surface area (Å²) >= 11 is 5.99. The van der Waals surface area contributed by atoms with Gasteiger partial charge in [-0.3, -0.25) is 9.20 Å². The highest BCUT2D eigenvalue weighted by Crippen LogP contribution is 2.31. The van der Waals surface area contributed by atoms with E-state index >= 15 is 0 Å². The second-order valence-electron chi connectivity index (χ2n) is 6.56. The summed E-state index contributed by atoms with van der Waals surface area (Å²) in [5, 5.41) is 0.495. The molecule has 0 spiro atoms. The molecular weight excluding hydrogens is 417 g/mol. The fourth-order valence-corrected chi connectivity index (χ4v) is 3.20. The van der Waals surface area contributed by atoms with Crippen LogP contribution in [0.15, 0.2) is 67.1 Å². The summed E-state index contributed by atoms with van der Waals surface area (Å²) in [6.07, 6.45) is 0.0618. The van der Waals surface area contributed by atoms with Gasteiger partial charge in [0.2, 0.25) is 0 Å². The molecule has 0 fully saturated rings. The molecule has 0 aliphatic carbocycles. The maximum Gasteiger partial charge on any atom is 0.416 e. The van der Waals surface area contributed by atoms with Crippen molar-refractivity contribution >= 4 is 28.8 Å². The first-order valence-corrected chi connectivity index (χ1v) is 9.16. The molecular formula is C21H14ClF3N4O. The number of amides is 1. The first-order chi connectivity index (χ1) is 14.2. The second-order valence-corrected chi connectivity index (χ2v) is 7.00. The number of aromatic nitrogens is 3. The third-order valence-electron chi connectivity index (χ3n) is 4.62. The lowest BCUT2D eigenvalue weighted by molar-refractivity contribution is -0.137. The van der Waals surface area contributed by atoms with Gasteiger partial charge in [-0.1, -0.05) is 29.8 Å². The molecule has 152 valence electrons. The van der Waals surface area contributed by atoms with Crippen LogP contribution < -0.4 is 4.90 Å².